The number of nitrogens with zero attached hydrogens (tertiary/aromatic N) is 1. The van der Waals surface area contributed by atoms with Gasteiger partial charge in [0.1, 0.15) is 5.60 Å². The third-order valence-electron chi connectivity index (χ3n) is 5.15. The molecular weight excluding hydrogens is 384 g/mol. The molecule has 1 saturated carbocycles. The molecule has 6 nitrogen and oxygen atoms in total. The summed E-state index contributed by atoms with van der Waals surface area (Å²) < 4.78 is 10.8. The van der Waals surface area contributed by atoms with E-state index < -0.39 is 19.8 Å². The van der Waals surface area contributed by atoms with Crippen molar-refractivity contribution in [3.05, 3.63) is 0 Å². The molecule has 0 radical (unpaired) electrons. The van der Waals surface area contributed by atoms with Gasteiger partial charge in [0.15, 0.2) is 0 Å². The number of carbonyl (C=O) groups is 2. The maximum atomic E-state index is 12.6. The fourth-order valence-electron chi connectivity index (χ4n) is 3.48. The van der Waals surface area contributed by atoms with Crippen molar-refractivity contribution in [2.75, 3.05) is 26.2 Å². The Bertz CT molecular complexity index is 494. The van der Waals surface area contributed by atoms with Crippen LogP contribution in [0.25, 0.3) is 0 Å². The molecule has 1 N–H and O–H groups in total. The summed E-state index contributed by atoms with van der Waals surface area (Å²) in [5.41, 5.74) is -0.528. The second-order valence-corrected chi connectivity index (χ2v) is 16.1. The van der Waals surface area contributed by atoms with E-state index in [9.17, 15) is 9.59 Å². The molecule has 0 spiro atoms. The smallest absolute Gasteiger partial charge is 0.409 e. The SMILES string of the molecule is CC(C)(C)OC(=O)NCCN(CCCC1CCCCC1)C(=O)OCC[Si](C)(C)C. The lowest BCUT2D eigenvalue weighted by Crippen LogP contribution is -2.41. The summed E-state index contributed by atoms with van der Waals surface area (Å²) in [5.74, 6) is 0.799. The lowest BCUT2D eigenvalue weighted by atomic mass is 9.86. The predicted octanol–water partition coefficient (Wildman–Crippen LogP) is 5.65. The van der Waals surface area contributed by atoms with Gasteiger partial charge in [0.05, 0.1) is 6.61 Å². The molecule has 7 heteroatoms. The third kappa shape index (κ3) is 13.6. The number of amides is 2. The Morgan fingerprint density at radius 2 is 1.72 bits per heavy atom. The van der Waals surface area contributed by atoms with Crippen molar-refractivity contribution in [3.63, 3.8) is 0 Å². The van der Waals surface area contributed by atoms with Gasteiger partial charge < -0.3 is 19.7 Å². The van der Waals surface area contributed by atoms with Gasteiger partial charge in [-0.3, -0.25) is 0 Å². The van der Waals surface area contributed by atoms with Crippen LogP contribution in [0.4, 0.5) is 9.59 Å². The molecule has 0 aliphatic heterocycles. The average Bonchev–Trinajstić information content (AvgIpc) is 2.58. The highest BCUT2D eigenvalue weighted by atomic mass is 28.3. The number of alkyl carbamates (subject to hydrolysis) is 1. The number of rotatable bonds is 10. The van der Waals surface area contributed by atoms with Crippen LogP contribution >= 0.6 is 0 Å². The average molecular weight is 429 g/mol. The number of nitrogens with one attached hydrogen (secondary N) is 1. The monoisotopic (exact) mass is 428 g/mol. The van der Waals surface area contributed by atoms with Gasteiger partial charge in [-0.1, -0.05) is 51.7 Å². The van der Waals surface area contributed by atoms with Gasteiger partial charge in [0.2, 0.25) is 0 Å². The second-order valence-electron chi connectivity index (χ2n) is 10.5. The van der Waals surface area contributed by atoms with Crippen molar-refractivity contribution >= 4 is 20.3 Å². The Balaban J connectivity index is 2.45. The quantitative estimate of drug-likeness (QED) is 0.457. The Labute approximate surface area is 179 Å². The van der Waals surface area contributed by atoms with Crippen LogP contribution in [-0.4, -0.2) is 57.0 Å². The number of hydrogen-bond acceptors (Lipinski definition) is 4. The van der Waals surface area contributed by atoms with E-state index >= 15 is 0 Å². The summed E-state index contributed by atoms with van der Waals surface area (Å²) in [5, 5.41) is 2.74. The van der Waals surface area contributed by atoms with Crippen LogP contribution in [0.2, 0.25) is 25.7 Å². The van der Waals surface area contributed by atoms with Gasteiger partial charge in [-0.25, -0.2) is 9.59 Å². The molecular formula is C22H44N2O4Si. The summed E-state index contributed by atoms with van der Waals surface area (Å²) in [4.78, 5) is 26.2. The fraction of sp³-hybridized carbons (Fsp3) is 0.909. The normalized spacial score (nSPS) is 15.7. The van der Waals surface area contributed by atoms with Gasteiger partial charge in [-0.2, -0.15) is 0 Å². The minimum atomic E-state index is -1.24. The first-order valence-electron chi connectivity index (χ1n) is 11.3. The number of hydrogen-bond donors (Lipinski definition) is 1. The van der Waals surface area contributed by atoms with Gasteiger partial charge in [0, 0.05) is 27.7 Å². The van der Waals surface area contributed by atoms with E-state index in [1.807, 2.05) is 20.8 Å². The van der Waals surface area contributed by atoms with E-state index in [2.05, 4.69) is 25.0 Å². The fourth-order valence-corrected chi connectivity index (χ4v) is 4.20. The van der Waals surface area contributed by atoms with Crippen molar-refractivity contribution in [2.45, 2.75) is 97.0 Å². The van der Waals surface area contributed by atoms with Crippen molar-refractivity contribution in [1.82, 2.24) is 10.2 Å². The molecule has 29 heavy (non-hydrogen) atoms. The molecule has 0 saturated heterocycles. The van der Waals surface area contributed by atoms with Gasteiger partial charge in [-0.15, -0.1) is 0 Å². The van der Waals surface area contributed by atoms with E-state index in [0.29, 0.717) is 26.2 Å². The van der Waals surface area contributed by atoms with Gasteiger partial charge in [-0.05, 0) is 45.6 Å². The van der Waals surface area contributed by atoms with E-state index in [-0.39, 0.29) is 6.09 Å². The number of ether oxygens (including phenoxy) is 2. The molecule has 2 amide bonds. The minimum Gasteiger partial charge on any atom is -0.450 e. The molecule has 0 bridgehead atoms. The molecule has 170 valence electrons. The topological polar surface area (TPSA) is 67.9 Å². The predicted molar refractivity (Wildman–Crippen MR) is 121 cm³/mol. The molecule has 0 unspecified atom stereocenters. The number of carbonyl (C=O) groups excluding carboxylic acids is 2. The molecule has 1 fully saturated rings. The third-order valence-corrected chi connectivity index (χ3v) is 6.86. The zero-order chi connectivity index (χ0) is 21.9. The summed E-state index contributed by atoms with van der Waals surface area (Å²) in [7, 11) is -1.24. The van der Waals surface area contributed by atoms with Crippen LogP contribution in [0.15, 0.2) is 0 Å². The maximum absolute atomic E-state index is 12.6. The van der Waals surface area contributed by atoms with Gasteiger partial charge in [0.25, 0.3) is 0 Å². The first kappa shape index (κ1) is 25.8. The second kappa shape index (κ2) is 12.5. The summed E-state index contributed by atoms with van der Waals surface area (Å²) >= 11 is 0. The molecule has 0 aromatic carbocycles. The van der Waals surface area contributed by atoms with Crippen molar-refractivity contribution in [1.29, 1.82) is 0 Å². The highest BCUT2D eigenvalue weighted by molar-refractivity contribution is 6.76. The van der Waals surface area contributed by atoms with Crippen LogP contribution < -0.4 is 5.32 Å². The highest BCUT2D eigenvalue weighted by Crippen LogP contribution is 2.27. The van der Waals surface area contributed by atoms with Crippen LogP contribution in [0.5, 0.6) is 0 Å². The Hall–Kier alpha value is -1.24. The Kier molecular flexibility index (Phi) is 11.1. The zero-order valence-corrected chi connectivity index (χ0v) is 20.6. The van der Waals surface area contributed by atoms with Crippen molar-refractivity contribution in [2.24, 2.45) is 5.92 Å². The largest absolute Gasteiger partial charge is 0.450 e. The van der Waals surface area contributed by atoms with Crippen LogP contribution in [0.1, 0.15) is 65.7 Å². The van der Waals surface area contributed by atoms with E-state index in [4.69, 9.17) is 9.47 Å². The standard InChI is InChI=1S/C22H44N2O4Si/c1-22(2,3)28-20(25)23-14-16-24(21(26)27-17-18-29(4,5)6)15-10-13-19-11-8-7-9-12-19/h19H,7-18H2,1-6H3,(H,23,25). The highest BCUT2D eigenvalue weighted by Gasteiger charge is 2.20. The Morgan fingerprint density at radius 3 is 2.31 bits per heavy atom. The molecule has 0 aromatic heterocycles. The summed E-state index contributed by atoms with van der Waals surface area (Å²) in [6.45, 7) is 14.3. The molecule has 0 heterocycles. The molecule has 1 rings (SSSR count). The van der Waals surface area contributed by atoms with E-state index in [1.165, 1.54) is 32.1 Å². The van der Waals surface area contributed by atoms with E-state index in [1.54, 1.807) is 4.90 Å². The van der Waals surface area contributed by atoms with E-state index in [0.717, 1.165) is 24.8 Å². The maximum Gasteiger partial charge on any atom is 0.409 e. The molecule has 0 atom stereocenters. The zero-order valence-electron chi connectivity index (χ0n) is 19.6. The Morgan fingerprint density at radius 1 is 1.07 bits per heavy atom. The minimum absolute atomic E-state index is 0.266. The molecule has 0 aromatic rings. The molecule has 1 aliphatic rings. The van der Waals surface area contributed by atoms with Crippen LogP contribution in [0.3, 0.4) is 0 Å². The lowest BCUT2D eigenvalue weighted by Gasteiger charge is -2.26. The molecule has 1 aliphatic carbocycles. The van der Waals surface area contributed by atoms with Crippen LogP contribution in [-0.2, 0) is 9.47 Å². The summed E-state index contributed by atoms with van der Waals surface area (Å²) in [6.07, 6.45) is 8.12. The van der Waals surface area contributed by atoms with Crippen LogP contribution in [0, 0.1) is 5.92 Å². The summed E-state index contributed by atoms with van der Waals surface area (Å²) in [6, 6.07) is 0.963. The van der Waals surface area contributed by atoms with Crippen molar-refractivity contribution in [3.8, 4) is 0 Å². The van der Waals surface area contributed by atoms with Crippen molar-refractivity contribution < 1.29 is 19.1 Å². The first-order chi connectivity index (χ1) is 13.5. The lowest BCUT2D eigenvalue weighted by molar-refractivity contribution is 0.0516. The van der Waals surface area contributed by atoms with Gasteiger partial charge >= 0.3 is 12.2 Å². The first-order valence-corrected chi connectivity index (χ1v) is 15.1.